The molecule has 0 aromatic rings. The highest BCUT2D eigenvalue weighted by Gasteiger charge is 2.41. The van der Waals surface area contributed by atoms with Crippen molar-refractivity contribution < 1.29 is 21.0 Å². The van der Waals surface area contributed by atoms with Crippen molar-refractivity contribution in [2.24, 2.45) is 0 Å². The zero-order valence-electron chi connectivity index (χ0n) is 8.74. The standard InChI is InChI=1S/2C3H6O2.C2H5O.Al/c2*1-2-3(4)5;1-2-3;/h2*2H2,1H3,(H,4,5);2H2,1H3;/q;;-1;+3/p-2. The second-order valence-corrected chi connectivity index (χ2v) is 3.81. The van der Waals surface area contributed by atoms with Gasteiger partial charge in [-0.25, -0.2) is 0 Å². The molecule has 0 bridgehead atoms. The van der Waals surface area contributed by atoms with E-state index in [9.17, 15) is 9.59 Å². The first-order valence-electron chi connectivity index (χ1n) is 4.64. The highest BCUT2D eigenvalue weighted by molar-refractivity contribution is 6.41. The average molecular weight is 218 g/mol. The van der Waals surface area contributed by atoms with E-state index in [1.807, 2.05) is 0 Å². The van der Waals surface area contributed by atoms with Crippen LogP contribution in [0.3, 0.4) is 0 Å². The van der Waals surface area contributed by atoms with E-state index in [1.54, 1.807) is 20.8 Å². The number of rotatable bonds is 6. The summed E-state index contributed by atoms with van der Waals surface area (Å²) < 4.78 is 14.7. The van der Waals surface area contributed by atoms with Crippen LogP contribution < -0.4 is 0 Å². The van der Waals surface area contributed by atoms with Crippen LogP contribution in [0.5, 0.6) is 0 Å². The summed E-state index contributed by atoms with van der Waals surface area (Å²) in [5.74, 6) is -0.807. The molecule has 0 rings (SSSR count). The lowest BCUT2D eigenvalue weighted by Crippen LogP contribution is -2.32. The second kappa shape index (κ2) is 7.80. The fourth-order valence-electron chi connectivity index (χ4n) is 0.609. The Morgan fingerprint density at radius 3 is 1.71 bits per heavy atom. The fraction of sp³-hybridized carbons (Fsp3) is 0.750. The molecule has 0 aliphatic carbocycles. The van der Waals surface area contributed by atoms with E-state index >= 15 is 0 Å². The first-order valence-corrected chi connectivity index (χ1v) is 6.05. The lowest BCUT2D eigenvalue weighted by Gasteiger charge is -2.11. The van der Waals surface area contributed by atoms with E-state index < -0.39 is 27.1 Å². The highest BCUT2D eigenvalue weighted by Crippen LogP contribution is 1.97. The van der Waals surface area contributed by atoms with Crippen LogP contribution >= 0.6 is 0 Å². The van der Waals surface area contributed by atoms with Gasteiger partial charge in [0, 0.05) is 19.4 Å². The Kier molecular flexibility index (Phi) is 7.48. The number of hydrogen-bond donors (Lipinski definition) is 0. The third-order valence-electron chi connectivity index (χ3n) is 1.34. The average Bonchev–Trinajstić information content (AvgIpc) is 2.17. The van der Waals surface area contributed by atoms with Crippen molar-refractivity contribution in [3.05, 3.63) is 0 Å². The van der Waals surface area contributed by atoms with Crippen molar-refractivity contribution >= 4 is 27.1 Å². The Hall–Kier alpha value is -0.568. The molecule has 80 valence electrons. The lowest BCUT2D eigenvalue weighted by molar-refractivity contribution is -0.143. The van der Waals surface area contributed by atoms with Gasteiger partial charge in [0.25, 0.3) is 11.9 Å². The molecule has 0 N–H and O–H groups in total. The first-order chi connectivity index (χ1) is 6.63. The molecule has 0 unspecified atom stereocenters. The number of carbonyl (C=O) groups is 2. The number of carbonyl (C=O) groups excluding carboxylic acids is 2. The summed E-state index contributed by atoms with van der Waals surface area (Å²) in [4.78, 5) is 21.8. The van der Waals surface area contributed by atoms with Crippen molar-refractivity contribution in [1.82, 2.24) is 0 Å². The molecule has 0 fully saturated rings. The van der Waals surface area contributed by atoms with Crippen molar-refractivity contribution in [2.45, 2.75) is 33.6 Å². The van der Waals surface area contributed by atoms with Crippen molar-refractivity contribution in [2.75, 3.05) is 6.61 Å². The lowest BCUT2D eigenvalue weighted by atomic mass is 10.5. The molecule has 5 nitrogen and oxygen atoms in total. The molecule has 0 atom stereocenters. The summed E-state index contributed by atoms with van der Waals surface area (Å²) >= 11 is -2.58. The molecule has 0 saturated heterocycles. The molecule has 0 heterocycles. The molecule has 0 aromatic carbocycles. The van der Waals surface area contributed by atoms with Gasteiger partial charge in [0.15, 0.2) is 0 Å². The molecule has 6 heteroatoms. The second-order valence-electron chi connectivity index (χ2n) is 2.43. The molecular formula is C8H15AlO5. The SMILES string of the molecule is CC[O][Al]([O]C(=O)CC)[O]C(=O)CC. The van der Waals surface area contributed by atoms with Crippen molar-refractivity contribution in [1.29, 1.82) is 0 Å². The van der Waals surface area contributed by atoms with E-state index in [2.05, 4.69) is 0 Å². The van der Waals surface area contributed by atoms with Gasteiger partial charge in [-0.15, -0.1) is 0 Å². The maximum atomic E-state index is 10.9. The largest absolute Gasteiger partial charge is 1.10 e. The fourth-order valence-corrected chi connectivity index (χ4v) is 1.83. The molecule has 14 heavy (non-hydrogen) atoms. The molecule has 0 aromatic heterocycles. The van der Waals surface area contributed by atoms with Gasteiger partial charge < -0.3 is 11.4 Å². The van der Waals surface area contributed by atoms with Gasteiger partial charge in [-0.2, -0.15) is 0 Å². The molecule has 0 aliphatic heterocycles. The molecule has 0 radical (unpaired) electrons. The zero-order valence-corrected chi connectivity index (χ0v) is 9.89. The monoisotopic (exact) mass is 218 g/mol. The Morgan fingerprint density at radius 1 is 1.00 bits per heavy atom. The smallest absolute Gasteiger partial charge is 0.562 e. The third-order valence-corrected chi connectivity index (χ3v) is 2.85. The van der Waals surface area contributed by atoms with Crippen molar-refractivity contribution in [3.8, 4) is 0 Å². The van der Waals surface area contributed by atoms with E-state index in [0.717, 1.165) is 0 Å². The van der Waals surface area contributed by atoms with Crippen molar-refractivity contribution in [3.63, 3.8) is 0 Å². The minimum absolute atomic E-state index is 0.250. The van der Waals surface area contributed by atoms with E-state index in [1.165, 1.54) is 0 Å². The Bertz CT molecular complexity index is 176. The van der Waals surface area contributed by atoms with Crippen LogP contribution in [0.2, 0.25) is 0 Å². The van der Waals surface area contributed by atoms with E-state index in [0.29, 0.717) is 6.61 Å². The minimum Gasteiger partial charge on any atom is -0.562 e. The molecule has 0 saturated carbocycles. The summed E-state index contributed by atoms with van der Waals surface area (Å²) in [5.41, 5.74) is 0. The van der Waals surface area contributed by atoms with Gasteiger partial charge in [-0.3, -0.25) is 9.59 Å². The Morgan fingerprint density at radius 2 is 1.43 bits per heavy atom. The first kappa shape index (κ1) is 13.4. The van der Waals surface area contributed by atoms with Crippen LogP contribution in [0, 0.1) is 0 Å². The van der Waals surface area contributed by atoms with Crippen LogP contribution in [-0.4, -0.2) is 33.7 Å². The highest BCUT2D eigenvalue weighted by atomic mass is 27.3. The predicted octanol–water partition coefficient (Wildman–Crippen LogP) is 0.914. The van der Waals surface area contributed by atoms with Gasteiger partial charge in [-0.05, 0) is 6.92 Å². The van der Waals surface area contributed by atoms with Gasteiger partial charge >= 0.3 is 15.1 Å². The molecule has 0 amide bonds. The summed E-state index contributed by atoms with van der Waals surface area (Å²) in [6.45, 7) is 5.45. The normalized spacial score (nSPS) is 9.36. The molecule has 0 aliphatic rings. The van der Waals surface area contributed by atoms with Crippen LogP contribution in [0.1, 0.15) is 33.6 Å². The zero-order chi connectivity index (χ0) is 11.0. The van der Waals surface area contributed by atoms with Gasteiger partial charge in [0.1, 0.15) is 0 Å². The summed E-state index contributed by atoms with van der Waals surface area (Å²) in [6, 6.07) is 0. The van der Waals surface area contributed by atoms with E-state index in [-0.39, 0.29) is 12.8 Å². The van der Waals surface area contributed by atoms with Crippen LogP contribution in [0.15, 0.2) is 0 Å². The summed E-state index contributed by atoms with van der Waals surface area (Å²) in [6.07, 6.45) is 0.500. The quantitative estimate of drug-likeness (QED) is 0.620. The van der Waals surface area contributed by atoms with E-state index in [4.69, 9.17) is 11.4 Å². The van der Waals surface area contributed by atoms with Crippen LogP contribution in [0.4, 0.5) is 0 Å². The van der Waals surface area contributed by atoms with Gasteiger partial charge in [-0.1, -0.05) is 13.8 Å². The third kappa shape index (κ3) is 5.97. The number of hydrogen-bond acceptors (Lipinski definition) is 5. The van der Waals surface area contributed by atoms with Gasteiger partial charge in [0.05, 0.1) is 0 Å². The topological polar surface area (TPSA) is 61.8 Å². The minimum atomic E-state index is -2.58. The summed E-state index contributed by atoms with van der Waals surface area (Å²) in [7, 11) is 0. The maximum Gasteiger partial charge on any atom is 1.10 e. The molecular weight excluding hydrogens is 203 g/mol. The summed E-state index contributed by atoms with van der Waals surface area (Å²) in [5, 5.41) is 0. The predicted molar refractivity (Wildman–Crippen MR) is 50.1 cm³/mol. The van der Waals surface area contributed by atoms with Crippen LogP contribution in [0.25, 0.3) is 0 Å². The Balaban J connectivity index is 4.00. The molecule has 0 spiro atoms. The Labute approximate surface area is 88.7 Å². The van der Waals surface area contributed by atoms with Crippen LogP contribution in [-0.2, 0) is 21.0 Å². The van der Waals surface area contributed by atoms with Gasteiger partial charge in [0.2, 0.25) is 0 Å². The maximum absolute atomic E-state index is 10.9.